The number of carbonyl (C=O) groups is 3. The van der Waals surface area contributed by atoms with Gasteiger partial charge in [-0.25, -0.2) is 9.78 Å². The number of ketones is 2. The largest absolute Gasteiger partial charge is 0.458 e. The van der Waals surface area contributed by atoms with Crippen molar-refractivity contribution >= 4 is 58.0 Å². The average molecular weight is 706 g/mol. The molecule has 2 aromatic carbocycles. The van der Waals surface area contributed by atoms with Crippen LogP contribution in [0, 0.1) is 0 Å². The van der Waals surface area contributed by atoms with Crippen molar-refractivity contribution in [3.8, 4) is 0 Å². The first-order valence-corrected chi connectivity index (χ1v) is 15.0. The highest BCUT2D eigenvalue weighted by Gasteiger charge is 2.54. The number of hydrogen-bond donors (Lipinski definition) is 3. The first kappa shape index (κ1) is 35.1. The molecule has 6 bridgehead atoms. The van der Waals surface area contributed by atoms with Crippen molar-refractivity contribution in [2.75, 3.05) is 29.0 Å². The second kappa shape index (κ2) is 14.5. The number of nitrogens with one attached hydrogen (secondary N) is 3. The molecule has 0 spiro atoms. The third-order valence-electron chi connectivity index (χ3n) is 7.56. The normalized spacial score (nSPS) is 15.6. The molecule has 4 heterocycles. The predicted molar refractivity (Wildman–Crippen MR) is 168 cm³/mol. The fourth-order valence-electron chi connectivity index (χ4n) is 5.15. The second-order valence-corrected chi connectivity index (χ2v) is 11.4. The van der Waals surface area contributed by atoms with E-state index in [0.717, 1.165) is 54.0 Å². The Balaban J connectivity index is 0.000000335. The Kier molecular flexibility index (Phi) is 10.4. The lowest BCUT2D eigenvalue weighted by molar-refractivity contribution is -0.193. The SMILES string of the molecule is O=C(C(=O)C(F)(F)F)C(F)(F)F.O=C(Nc1ccc2cc1CCc1cncc(c1)Nc1ncc(Cl)c(n1)N2)N1CCC(c2ccccc2)C1. The van der Waals surface area contributed by atoms with Gasteiger partial charge in [0.05, 0.1) is 18.1 Å². The van der Waals surface area contributed by atoms with Gasteiger partial charge in [0, 0.05) is 36.6 Å². The van der Waals surface area contributed by atoms with Crippen molar-refractivity contribution in [2.45, 2.75) is 37.5 Å². The minimum atomic E-state index is -5.77. The summed E-state index contributed by atoms with van der Waals surface area (Å²) in [6.07, 6.45) is -3.95. The molecule has 2 aliphatic heterocycles. The van der Waals surface area contributed by atoms with Crippen LogP contribution >= 0.6 is 11.6 Å². The number of aromatic nitrogens is 3. The summed E-state index contributed by atoms with van der Waals surface area (Å²) in [4.78, 5) is 47.5. The second-order valence-electron chi connectivity index (χ2n) is 11.0. The summed E-state index contributed by atoms with van der Waals surface area (Å²) < 4.78 is 67.0. The van der Waals surface area contributed by atoms with Gasteiger partial charge in [-0.1, -0.05) is 41.9 Å². The monoisotopic (exact) mass is 705 g/mol. The Labute approximate surface area is 279 Å². The number of aryl methyl sites for hydroxylation is 2. The maximum absolute atomic E-state index is 13.2. The van der Waals surface area contributed by atoms with Crippen LogP contribution in [-0.4, -0.2) is 62.9 Å². The van der Waals surface area contributed by atoms with Crippen molar-refractivity contribution in [3.05, 3.63) is 94.9 Å². The van der Waals surface area contributed by atoms with Crippen LogP contribution in [0.4, 0.5) is 60.0 Å². The summed E-state index contributed by atoms with van der Waals surface area (Å²) in [7, 11) is 0. The van der Waals surface area contributed by atoms with E-state index in [2.05, 4.69) is 55.2 Å². The van der Waals surface area contributed by atoms with Gasteiger partial charge in [0.25, 0.3) is 0 Å². The molecule has 1 fully saturated rings. The van der Waals surface area contributed by atoms with Gasteiger partial charge in [-0.3, -0.25) is 14.6 Å². The molecule has 0 radical (unpaired) electrons. The average Bonchev–Trinajstić information content (AvgIpc) is 3.56. The number of alkyl halides is 6. The topological polar surface area (TPSA) is 129 Å². The number of anilines is 5. The summed E-state index contributed by atoms with van der Waals surface area (Å²) in [5.74, 6) is -5.53. The zero-order chi connectivity index (χ0) is 35.3. The van der Waals surface area contributed by atoms with E-state index in [0.29, 0.717) is 29.3 Å². The standard InChI is InChI=1S/C28H26ClN7O.C4F6O2/c29-24-16-31-27-33-23-12-18(14-30-15-23)6-7-20-13-22(32-26(24)35-27)8-9-25(20)34-28(37)36-11-10-21(17-36)19-4-2-1-3-5-19;5-3(6,7)1(11)2(12)4(8,9)10/h1-5,8-9,12-16,21H,6-7,10-11,17H2,(H,34,37)(H2,31,32,33,35);. The molecular formula is C32H26ClF6N7O3. The van der Waals surface area contributed by atoms with Gasteiger partial charge >= 0.3 is 30.0 Å². The number of nitrogens with zero attached hydrogens (tertiary/aromatic N) is 4. The van der Waals surface area contributed by atoms with Crippen LogP contribution in [0.25, 0.3) is 0 Å². The van der Waals surface area contributed by atoms with Crippen LogP contribution in [0.2, 0.25) is 5.02 Å². The number of rotatable bonds is 3. The molecule has 3 N–H and O–H groups in total. The molecule has 49 heavy (non-hydrogen) atoms. The first-order valence-electron chi connectivity index (χ1n) is 14.6. The third-order valence-corrected chi connectivity index (χ3v) is 7.83. The van der Waals surface area contributed by atoms with E-state index in [1.54, 1.807) is 12.4 Å². The first-order chi connectivity index (χ1) is 23.2. The lowest BCUT2D eigenvalue weighted by Crippen LogP contribution is -2.39. The van der Waals surface area contributed by atoms with E-state index in [1.807, 2.05) is 41.4 Å². The van der Waals surface area contributed by atoms with Gasteiger partial charge < -0.3 is 20.9 Å². The molecular weight excluding hydrogens is 680 g/mol. The summed E-state index contributed by atoms with van der Waals surface area (Å²) >= 11 is 6.37. The number of benzene rings is 2. The van der Waals surface area contributed by atoms with Crippen LogP contribution in [0.3, 0.4) is 0 Å². The molecule has 1 saturated heterocycles. The molecule has 0 saturated carbocycles. The lowest BCUT2D eigenvalue weighted by atomic mass is 9.99. The number of hydrogen-bond acceptors (Lipinski definition) is 8. The highest BCUT2D eigenvalue weighted by atomic mass is 35.5. The van der Waals surface area contributed by atoms with E-state index in [-0.39, 0.29) is 6.03 Å². The van der Waals surface area contributed by atoms with E-state index in [1.165, 1.54) is 5.56 Å². The van der Waals surface area contributed by atoms with E-state index in [9.17, 15) is 40.7 Å². The summed E-state index contributed by atoms with van der Waals surface area (Å²) in [6.45, 7) is 1.45. The molecule has 2 aliphatic rings. The van der Waals surface area contributed by atoms with Gasteiger partial charge in [0.15, 0.2) is 5.82 Å². The Morgan fingerprint density at radius 3 is 2.27 bits per heavy atom. The van der Waals surface area contributed by atoms with Gasteiger partial charge in [-0.05, 0) is 60.2 Å². The molecule has 17 heteroatoms. The number of halogens is 7. The fraction of sp³-hybridized carbons (Fsp3) is 0.250. The van der Waals surface area contributed by atoms with Gasteiger partial charge in [-0.2, -0.15) is 31.3 Å². The highest BCUT2D eigenvalue weighted by Crippen LogP contribution is 2.31. The summed E-state index contributed by atoms with van der Waals surface area (Å²) in [5.41, 5.74) is 5.79. The Hall–Kier alpha value is -5.25. The van der Waals surface area contributed by atoms with E-state index >= 15 is 0 Å². The molecule has 0 aliphatic carbocycles. The zero-order valence-corrected chi connectivity index (χ0v) is 26.0. The zero-order valence-electron chi connectivity index (χ0n) is 25.2. The Bertz CT molecular complexity index is 1830. The smallest absolute Gasteiger partial charge is 0.339 e. The van der Waals surface area contributed by atoms with Gasteiger partial charge in [0.1, 0.15) is 5.02 Å². The highest BCUT2D eigenvalue weighted by molar-refractivity contribution is 6.41. The van der Waals surface area contributed by atoms with Crippen LogP contribution < -0.4 is 16.0 Å². The molecule has 1 unspecified atom stereocenters. The number of amides is 2. The molecule has 10 nitrogen and oxygen atoms in total. The van der Waals surface area contributed by atoms with Crippen molar-refractivity contribution < 1.29 is 40.7 Å². The Morgan fingerprint density at radius 2 is 1.57 bits per heavy atom. The van der Waals surface area contributed by atoms with E-state index in [4.69, 9.17) is 11.6 Å². The van der Waals surface area contributed by atoms with Crippen LogP contribution in [-0.2, 0) is 22.4 Å². The molecule has 2 aromatic heterocycles. The summed E-state index contributed by atoms with van der Waals surface area (Å²) in [5, 5.41) is 10.1. The van der Waals surface area contributed by atoms with Crippen molar-refractivity contribution in [1.82, 2.24) is 19.9 Å². The van der Waals surface area contributed by atoms with Crippen LogP contribution in [0.5, 0.6) is 0 Å². The Morgan fingerprint density at radius 1 is 0.857 bits per heavy atom. The number of pyridine rings is 1. The van der Waals surface area contributed by atoms with Gasteiger partial charge in [0.2, 0.25) is 5.95 Å². The van der Waals surface area contributed by atoms with Crippen molar-refractivity contribution in [3.63, 3.8) is 0 Å². The fourth-order valence-corrected chi connectivity index (χ4v) is 5.28. The maximum atomic E-state index is 13.2. The van der Waals surface area contributed by atoms with Crippen LogP contribution in [0.15, 0.2) is 73.2 Å². The predicted octanol–water partition coefficient (Wildman–Crippen LogP) is 7.38. The number of likely N-dealkylation sites (tertiary alicyclic amines) is 1. The quantitative estimate of drug-likeness (QED) is 0.149. The number of urea groups is 1. The number of fused-ring (bicyclic) bond motifs is 6. The van der Waals surface area contributed by atoms with Crippen molar-refractivity contribution in [2.24, 2.45) is 0 Å². The lowest BCUT2D eigenvalue weighted by Gasteiger charge is -2.20. The van der Waals surface area contributed by atoms with Crippen molar-refractivity contribution in [1.29, 1.82) is 0 Å². The molecule has 6 rings (SSSR count). The number of carbonyl (C=O) groups excluding carboxylic acids is 3. The van der Waals surface area contributed by atoms with Crippen LogP contribution in [0.1, 0.15) is 29.0 Å². The minimum absolute atomic E-state index is 0.0744. The maximum Gasteiger partial charge on any atom is 0.458 e. The molecule has 1 atom stereocenters. The number of Topliss-reactive ketones (excluding diaryl/α,β-unsaturated/α-hetero) is 2. The molecule has 256 valence electrons. The third kappa shape index (κ3) is 9.01. The molecule has 2 amide bonds. The summed E-state index contributed by atoms with van der Waals surface area (Å²) in [6, 6.07) is 18.3. The van der Waals surface area contributed by atoms with E-state index < -0.39 is 23.9 Å². The van der Waals surface area contributed by atoms with Gasteiger partial charge in [-0.15, -0.1) is 0 Å². The minimum Gasteiger partial charge on any atom is -0.339 e. The molecule has 4 aromatic rings.